The average molecular weight is 388 g/mol. The highest BCUT2D eigenvalue weighted by Crippen LogP contribution is 2.18. The van der Waals surface area contributed by atoms with E-state index in [-0.39, 0.29) is 17.6 Å². The number of benzene rings is 1. The van der Waals surface area contributed by atoms with Crippen molar-refractivity contribution >= 4 is 33.9 Å². The number of rotatable bonds is 14. The molecule has 0 heterocycles. The van der Waals surface area contributed by atoms with Gasteiger partial charge in [0, 0.05) is 31.0 Å². The molecule has 25 heavy (non-hydrogen) atoms. The van der Waals surface area contributed by atoms with Crippen LogP contribution >= 0.6 is 22.5 Å². The molecule has 0 fully saturated rings. The van der Waals surface area contributed by atoms with E-state index in [4.69, 9.17) is 14.2 Å². The Morgan fingerprint density at radius 3 is 2.64 bits per heavy atom. The fraction of sp³-hybridized carbons (Fsp3) is 0.611. The molecule has 1 aromatic carbocycles. The zero-order chi connectivity index (χ0) is 18.5. The van der Waals surface area contributed by atoms with Crippen molar-refractivity contribution in [2.75, 3.05) is 38.4 Å². The van der Waals surface area contributed by atoms with Crippen molar-refractivity contribution in [1.82, 2.24) is 0 Å². The van der Waals surface area contributed by atoms with Crippen LogP contribution in [0.4, 0.5) is 5.69 Å². The lowest BCUT2D eigenvalue weighted by molar-refractivity contribution is -0.122. The van der Waals surface area contributed by atoms with Crippen LogP contribution in [0.3, 0.4) is 0 Å². The zero-order valence-electron chi connectivity index (χ0n) is 15.2. The van der Waals surface area contributed by atoms with Gasteiger partial charge in [-0.15, -0.1) is 11.7 Å². The number of carbonyl (C=O) groups is 1. The highest BCUT2D eigenvalue weighted by molar-refractivity contribution is 8.69. The molecular weight excluding hydrogens is 358 g/mol. The molecule has 0 spiro atoms. The number of nitrogens with one attached hydrogen (secondary N) is 1. The van der Waals surface area contributed by atoms with Crippen molar-refractivity contribution in [1.29, 1.82) is 0 Å². The number of thiol groups is 1. The van der Waals surface area contributed by atoms with Crippen molar-refractivity contribution in [3.63, 3.8) is 0 Å². The average Bonchev–Trinajstić information content (AvgIpc) is 2.59. The first-order valence-corrected chi connectivity index (χ1v) is 10.4. The van der Waals surface area contributed by atoms with Gasteiger partial charge in [-0.25, -0.2) is 0 Å². The Bertz CT molecular complexity index is 500. The minimum absolute atomic E-state index is 0.0588. The van der Waals surface area contributed by atoms with Gasteiger partial charge in [0.2, 0.25) is 0 Å². The fourth-order valence-electron chi connectivity index (χ4n) is 1.94. The summed E-state index contributed by atoms with van der Waals surface area (Å²) in [6.45, 7) is 8.28. The monoisotopic (exact) mass is 387 g/mol. The summed E-state index contributed by atoms with van der Waals surface area (Å²) in [5.74, 6) is 0.885. The van der Waals surface area contributed by atoms with Crippen molar-refractivity contribution < 1.29 is 19.0 Å². The first-order valence-electron chi connectivity index (χ1n) is 8.50. The van der Waals surface area contributed by atoms with Crippen LogP contribution in [-0.2, 0) is 14.3 Å². The number of carbonyl (C=O) groups excluding carboxylic acids is 1. The third kappa shape index (κ3) is 10.6. The van der Waals surface area contributed by atoms with Crippen LogP contribution < -0.4 is 10.1 Å². The molecule has 142 valence electrons. The standard InChI is InChI=1S/C18H29NO4S2/c1-14(2)19-16-6-4-7-17(12-16)23-11-10-21-8-5-9-22-13-18(20)15(3)25-24/h4,6-7,12,14-15,19,24H,5,8-11,13H2,1-3H3. The Morgan fingerprint density at radius 1 is 1.16 bits per heavy atom. The molecule has 0 aliphatic rings. The summed E-state index contributed by atoms with van der Waals surface area (Å²) in [5.41, 5.74) is 1.05. The number of anilines is 1. The van der Waals surface area contributed by atoms with Gasteiger partial charge < -0.3 is 19.5 Å². The Morgan fingerprint density at radius 2 is 1.92 bits per heavy atom. The van der Waals surface area contributed by atoms with Gasteiger partial charge in [-0.2, -0.15) is 0 Å². The number of ketones is 1. The number of ether oxygens (including phenoxy) is 3. The molecular formula is C18H29NO4S2. The molecule has 7 heteroatoms. The van der Waals surface area contributed by atoms with E-state index in [0.29, 0.717) is 32.5 Å². The summed E-state index contributed by atoms with van der Waals surface area (Å²) in [6.07, 6.45) is 0.753. The van der Waals surface area contributed by atoms with Gasteiger partial charge in [-0.1, -0.05) is 16.9 Å². The second-order valence-electron chi connectivity index (χ2n) is 5.91. The molecule has 0 aromatic heterocycles. The van der Waals surface area contributed by atoms with Gasteiger partial charge >= 0.3 is 0 Å². The Kier molecular flexibility index (Phi) is 11.8. The summed E-state index contributed by atoms with van der Waals surface area (Å²) in [4.78, 5) is 11.5. The van der Waals surface area contributed by atoms with E-state index in [9.17, 15) is 4.79 Å². The quantitative estimate of drug-likeness (QED) is 0.287. The Hall–Kier alpha value is -0.890. The molecule has 0 saturated carbocycles. The molecule has 1 atom stereocenters. The first kappa shape index (κ1) is 22.2. The predicted octanol–water partition coefficient (Wildman–Crippen LogP) is 3.84. The highest BCUT2D eigenvalue weighted by atomic mass is 33.1. The number of Topliss-reactive ketones (excluding diaryl/α,β-unsaturated/α-hetero) is 1. The van der Waals surface area contributed by atoms with E-state index in [1.54, 1.807) is 0 Å². The lowest BCUT2D eigenvalue weighted by atomic mass is 10.2. The maximum absolute atomic E-state index is 11.5. The van der Waals surface area contributed by atoms with Crippen LogP contribution in [0.2, 0.25) is 0 Å². The smallest absolute Gasteiger partial charge is 0.171 e. The van der Waals surface area contributed by atoms with Gasteiger partial charge in [-0.3, -0.25) is 4.79 Å². The fourth-order valence-corrected chi connectivity index (χ4v) is 2.48. The van der Waals surface area contributed by atoms with Crippen LogP contribution in [0.15, 0.2) is 24.3 Å². The zero-order valence-corrected chi connectivity index (χ0v) is 16.9. The number of hydrogen-bond acceptors (Lipinski definition) is 7. The highest BCUT2D eigenvalue weighted by Gasteiger charge is 2.11. The summed E-state index contributed by atoms with van der Waals surface area (Å²) in [7, 11) is 1.23. The molecule has 0 bridgehead atoms. The van der Waals surface area contributed by atoms with Crippen LogP contribution in [0.1, 0.15) is 27.2 Å². The Balaban J connectivity index is 2.03. The first-order chi connectivity index (χ1) is 12.0. The summed E-state index contributed by atoms with van der Waals surface area (Å²) < 4.78 is 16.5. The van der Waals surface area contributed by atoms with Crippen molar-refractivity contribution in [2.45, 2.75) is 38.5 Å². The van der Waals surface area contributed by atoms with Gasteiger partial charge in [0.1, 0.15) is 19.0 Å². The van der Waals surface area contributed by atoms with Crippen LogP contribution in [-0.4, -0.2) is 50.1 Å². The summed E-state index contributed by atoms with van der Waals surface area (Å²) in [5, 5.41) is 3.21. The van der Waals surface area contributed by atoms with Gasteiger partial charge in [0.25, 0.3) is 0 Å². The lowest BCUT2D eigenvalue weighted by Gasteiger charge is -2.12. The molecule has 1 rings (SSSR count). The van der Waals surface area contributed by atoms with Gasteiger partial charge in [0.05, 0.1) is 11.9 Å². The second kappa shape index (κ2) is 13.3. The lowest BCUT2D eigenvalue weighted by Crippen LogP contribution is -2.19. The number of hydrogen-bond donors (Lipinski definition) is 2. The molecule has 1 aromatic rings. The maximum Gasteiger partial charge on any atom is 0.171 e. The third-order valence-corrected chi connectivity index (χ3v) is 4.75. The van der Waals surface area contributed by atoms with Crippen molar-refractivity contribution in [3.8, 4) is 5.75 Å². The Labute approximate surface area is 160 Å². The second-order valence-corrected chi connectivity index (χ2v) is 7.46. The normalized spacial score (nSPS) is 12.2. The van der Waals surface area contributed by atoms with E-state index >= 15 is 0 Å². The van der Waals surface area contributed by atoms with E-state index < -0.39 is 0 Å². The van der Waals surface area contributed by atoms with Crippen molar-refractivity contribution in [3.05, 3.63) is 24.3 Å². The van der Waals surface area contributed by atoms with E-state index in [2.05, 4.69) is 30.8 Å². The molecule has 0 saturated heterocycles. The minimum atomic E-state index is -0.133. The minimum Gasteiger partial charge on any atom is -0.491 e. The molecule has 1 unspecified atom stereocenters. The van der Waals surface area contributed by atoms with Crippen molar-refractivity contribution in [2.24, 2.45) is 0 Å². The largest absolute Gasteiger partial charge is 0.491 e. The molecule has 0 amide bonds. The van der Waals surface area contributed by atoms with Gasteiger partial charge in [-0.05, 0) is 39.3 Å². The molecule has 0 radical (unpaired) electrons. The van der Waals surface area contributed by atoms with E-state index in [0.717, 1.165) is 17.9 Å². The van der Waals surface area contributed by atoms with Gasteiger partial charge in [0.15, 0.2) is 5.78 Å². The molecule has 5 nitrogen and oxygen atoms in total. The summed E-state index contributed by atoms with van der Waals surface area (Å²) >= 11 is 4.02. The molecule has 0 aliphatic carbocycles. The topological polar surface area (TPSA) is 56.8 Å². The third-order valence-electron chi connectivity index (χ3n) is 3.22. The van der Waals surface area contributed by atoms with Crippen LogP contribution in [0.5, 0.6) is 5.75 Å². The SMILES string of the molecule is CC(C)Nc1cccc(OCCOCCCOCC(=O)C(C)SS)c1. The predicted molar refractivity (Wildman–Crippen MR) is 108 cm³/mol. The molecule has 0 aliphatic heterocycles. The maximum atomic E-state index is 11.5. The van der Waals surface area contributed by atoms with Crippen LogP contribution in [0.25, 0.3) is 0 Å². The van der Waals surface area contributed by atoms with Crippen LogP contribution in [0, 0.1) is 0 Å². The summed E-state index contributed by atoms with van der Waals surface area (Å²) in [6, 6.07) is 8.28. The molecule has 1 N–H and O–H groups in total. The van der Waals surface area contributed by atoms with E-state index in [1.807, 2.05) is 31.2 Å². The van der Waals surface area contributed by atoms with E-state index in [1.165, 1.54) is 10.8 Å².